The second-order valence-electron chi connectivity index (χ2n) is 6.36. The van der Waals surface area contributed by atoms with Crippen molar-refractivity contribution in [2.24, 2.45) is 0 Å². The molecule has 3 heterocycles. The predicted molar refractivity (Wildman–Crippen MR) is 95.3 cm³/mol. The van der Waals surface area contributed by atoms with E-state index in [1.807, 2.05) is 0 Å². The molecule has 1 aliphatic carbocycles. The molecule has 3 aromatic heterocycles. The van der Waals surface area contributed by atoms with E-state index in [1.165, 1.54) is 35.9 Å². The van der Waals surface area contributed by atoms with Crippen LogP contribution in [0.1, 0.15) is 23.4 Å². The first-order chi connectivity index (χ1) is 13.0. The fourth-order valence-electron chi connectivity index (χ4n) is 3.24. The number of aliphatic hydroxyl groups excluding tert-OH is 1. The molecule has 1 N–H and O–H groups in total. The van der Waals surface area contributed by atoms with E-state index < -0.39 is 17.5 Å². The van der Waals surface area contributed by atoms with Gasteiger partial charge in [0.05, 0.1) is 23.2 Å². The molecule has 0 saturated heterocycles. The summed E-state index contributed by atoms with van der Waals surface area (Å²) in [6.45, 7) is -0.0953. The normalized spacial score (nSPS) is 21.7. The van der Waals surface area contributed by atoms with Gasteiger partial charge in [0.15, 0.2) is 0 Å². The Bertz CT molecular complexity index is 945. The Labute approximate surface area is 157 Å². The van der Waals surface area contributed by atoms with Crippen LogP contribution in [0, 0.1) is 5.82 Å². The first-order valence-corrected chi connectivity index (χ1v) is 9.10. The number of hydrogen-bond acceptors (Lipinski definition) is 8. The van der Waals surface area contributed by atoms with E-state index in [4.69, 9.17) is 5.11 Å². The van der Waals surface area contributed by atoms with Crippen molar-refractivity contribution in [1.82, 2.24) is 25.1 Å². The molecule has 0 unspecified atom stereocenters. The van der Waals surface area contributed by atoms with Crippen molar-refractivity contribution in [1.29, 1.82) is 0 Å². The molecular weight excluding hydrogens is 374 g/mol. The van der Waals surface area contributed by atoms with Crippen molar-refractivity contribution in [3.05, 3.63) is 47.1 Å². The van der Waals surface area contributed by atoms with Crippen molar-refractivity contribution in [3.63, 3.8) is 0 Å². The average molecular weight is 390 g/mol. The predicted octanol–water partition coefficient (Wildman–Crippen LogP) is 2.49. The Balaban J connectivity index is 1.64. The molecular formula is C17H16F2N6OS. The van der Waals surface area contributed by atoms with Crippen LogP contribution in [-0.4, -0.2) is 43.5 Å². The summed E-state index contributed by atoms with van der Waals surface area (Å²) in [4.78, 5) is 15.0. The SMILES string of the molecule is CN(c1ncc(-c2ncc(CO)s2)nn1)C1(c2ncccc2F)CC(F)C1. The summed E-state index contributed by atoms with van der Waals surface area (Å²) in [5.74, 6) is -0.241. The number of aliphatic hydroxyl groups is 1. The highest BCUT2D eigenvalue weighted by molar-refractivity contribution is 7.14. The number of aromatic nitrogens is 5. The highest BCUT2D eigenvalue weighted by Crippen LogP contribution is 2.48. The Hall–Kier alpha value is -2.59. The first kappa shape index (κ1) is 17.8. The van der Waals surface area contributed by atoms with E-state index >= 15 is 0 Å². The standard InChI is InChI=1S/C17H16F2N6OS/c1-25(17(5-10(18)6-17)14-12(19)3-2-4-20-14)16-22-8-13(23-24-16)15-21-7-11(9-26)27-15/h2-4,7-8,10,26H,5-6,9H2,1H3. The molecule has 7 nitrogen and oxygen atoms in total. The van der Waals surface area contributed by atoms with E-state index in [0.717, 1.165) is 0 Å². The maximum Gasteiger partial charge on any atom is 0.245 e. The minimum absolute atomic E-state index is 0.0953. The summed E-state index contributed by atoms with van der Waals surface area (Å²) in [6.07, 6.45) is 3.74. The maximum atomic E-state index is 14.3. The lowest BCUT2D eigenvalue weighted by atomic mass is 9.71. The molecule has 27 heavy (non-hydrogen) atoms. The second-order valence-corrected chi connectivity index (χ2v) is 7.48. The molecule has 1 fully saturated rings. The smallest absolute Gasteiger partial charge is 0.245 e. The summed E-state index contributed by atoms with van der Waals surface area (Å²) >= 11 is 1.29. The van der Waals surface area contributed by atoms with Gasteiger partial charge in [-0.15, -0.1) is 21.5 Å². The highest BCUT2D eigenvalue weighted by atomic mass is 32.1. The lowest BCUT2D eigenvalue weighted by molar-refractivity contribution is 0.0859. The molecule has 0 aliphatic heterocycles. The second kappa shape index (κ2) is 6.86. The van der Waals surface area contributed by atoms with Gasteiger partial charge in [-0.3, -0.25) is 4.98 Å². The van der Waals surface area contributed by atoms with Crippen molar-refractivity contribution in [3.8, 4) is 10.7 Å². The largest absolute Gasteiger partial charge is 0.391 e. The van der Waals surface area contributed by atoms with Crippen molar-refractivity contribution in [2.45, 2.75) is 31.2 Å². The van der Waals surface area contributed by atoms with Gasteiger partial charge in [0.2, 0.25) is 5.95 Å². The maximum absolute atomic E-state index is 14.3. The van der Waals surface area contributed by atoms with Gasteiger partial charge in [-0.2, -0.15) is 0 Å². The molecule has 0 spiro atoms. The summed E-state index contributed by atoms with van der Waals surface area (Å²) in [5.41, 5.74) is -0.298. The van der Waals surface area contributed by atoms with Crippen LogP contribution in [0.15, 0.2) is 30.7 Å². The number of rotatable bonds is 5. The Morgan fingerprint density at radius 3 is 2.67 bits per heavy atom. The summed E-state index contributed by atoms with van der Waals surface area (Å²) in [7, 11) is 1.68. The molecule has 1 aliphatic rings. The van der Waals surface area contributed by atoms with Gasteiger partial charge in [0, 0.05) is 32.3 Å². The molecule has 1 saturated carbocycles. The molecule has 0 aromatic carbocycles. The molecule has 0 amide bonds. The van der Waals surface area contributed by atoms with Crippen molar-refractivity contribution in [2.75, 3.05) is 11.9 Å². The Kier molecular flexibility index (Phi) is 4.52. The van der Waals surface area contributed by atoms with Crippen LogP contribution >= 0.6 is 11.3 Å². The zero-order valence-electron chi connectivity index (χ0n) is 14.4. The van der Waals surface area contributed by atoms with E-state index in [0.29, 0.717) is 15.6 Å². The third-order valence-corrected chi connectivity index (χ3v) is 5.74. The minimum Gasteiger partial charge on any atom is -0.391 e. The number of halogens is 2. The number of alkyl halides is 1. The first-order valence-electron chi connectivity index (χ1n) is 8.28. The van der Waals surface area contributed by atoms with Crippen LogP contribution in [0.4, 0.5) is 14.7 Å². The van der Waals surface area contributed by atoms with E-state index in [-0.39, 0.29) is 31.1 Å². The van der Waals surface area contributed by atoms with Gasteiger partial charge in [-0.05, 0) is 12.1 Å². The number of pyridine rings is 1. The topological polar surface area (TPSA) is 87.9 Å². The van der Waals surface area contributed by atoms with E-state index in [1.54, 1.807) is 18.1 Å². The van der Waals surface area contributed by atoms with Crippen molar-refractivity contribution >= 4 is 17.3 Å². The van der Waals surface area contributed by atoms with Gasteiger partial charge >= 0.3 is 0 Å². The fraction of sp³-hybridized carbons (Fsp3) is 0.353. The quantitative estimate of drug-likeness (QED) is 0.716. The van der Waals surface area contributed by atoms with Crippen LogP contribution in [0.3, 0.4) is 0 Å². The highest BCUT2D eigenvalue weighted by Gasteiger charge is 2.52. The van der Waals surface area contributed by atoms with Gasteiger partial charge in [-0.25, -0.2) is 18.7 Å². The van der Waals surface area contributed by atoms with Crippen LogP contribution in [0.25, 0.3) is 10.7 Å². The lowest BCUT2D eigenvalue weighted by Gasteiger charge is -2.49. The molecule has 0 bridgehead atoms. The number of nitrogens with zero attached hydrogens (tertiary/aromatic N) is 6. The molecule has 0 radical (unpaired) electrons. The lowest BCUT2D eigenvalue weighted by Crippen LogP contribution is -2.56. The zero-order chi connectivity index (χ0) is 19.0. The number of hydrogen-bond donors (Lipinski definition) is 1. The summed E-state index contributed by atoms with van der Waals surface area (Å²) in [5, 5.41) is 18.0. The molecule has 10 heteroatoms. The third kappa shape index (κ3) is 3.04. The zero-order valence-corrected chi connectivity index (χ0v) is 15.2. The monoisotopic (exact) mass is 390 g/mol. The van der Waals surface area contributed by atoms with Gasteiger partial charge in [0.1, 0.15) is 28.4 Å². The molecule has 140 valence electrons. The minimum atomic E-state index is -1.03. The molecule has 4 rings (SSSR count). The van der Waals surface area contributed by atoms with Gasteiger partial charge in [-0.1, -0.05) is 0 Å². The third-order valence-electron chi connectivity index (χ3n) is 4.74. The summed E-state index contributed by atoms with van der Waals surface area (Å²) < 4.78 is 28.1. The Morgan fingerprint density at radius 1 is 1.26 bits per heavy atom. The summed E-state index contributed by atoms with van der Waals surface area (Å²) in [6, 6.07) is 2.81. The fourth-order valence-corrected chi connectivity index (χ4v) is 3.96. The van der Waals surface area contributed by atoms with Gasteiger partial charge in [0.25, 0.3) is 0 Å². The van der Waals surface area contributed by atoms with E-state index in [9.17, 15) is 8.78 Å². The van der Waals surface area contributed by atoms with Crippen LogP contribution in [-0.2, 0) is 12.1 Å². The van der Waals surface area contributed by atoms with Crippen LogP contribution < -0.4 is 4.90 Å². The molecule has 0 atom stereocenters. The van der Waals surface area contributed by atoms with Crippen molar-refractivity contribution < 1.29 is 13.9 Å². The number of anilines is 1. The average Bonchev–Trinajstić information content (AvgIpc) is 3.15. The Morgan fingerprint density at radius 2 is 2.07 bits per heavy atom. The van der Waals surface area contributed by atoms with Crippen LogP contribution in [0.2, 0.25) is 0 Å². The number of thiazole rings is 1. The van der Waals surface area contributed by atoms with E-state index in [2.05, 4.69) is 25.1 Å². The molecule has 3 aromatic rings. The van der Waals surface area contributed by atoms with Gasteiger partial charge < -0.3 is 10.0 Å². The van der Waals surface area contributed by atoms with Crippen LogP contribution in [0.5, 0.6) is 0 Å².